The molecule has 2 aromatic heterocycles. The third-order valence-electron chi connectivity index (χ3n) is 3.14. The number of nitrogen functional groups attached to an aromatic ring is 1. The third-order valence-corrected chi connectivity index (χ3v) is 3.14. The summed E-state index contributed by atoms with van der Waals surface area (Å²) in [6, 6.07) is 0. The molecule has 102 valence electrons. The number of aromatic nitrogens is 4. The van der Waals surface area contributed by atoms with Gasteiger partial charge in [0.15, 0.2) is 17.7 Å². The number of hydrogen-bond donors (Lipinski definition) is 4. The average molecular weight is 267 g/mol. The lowest BCUT2D eigenvalue weighted by molar-refractivity contribution is -0.210. The van der Waals surface area contributed by atoms with Gasteiger partial charge in [0.05, 0.1) is 12.9 Å². The van der Waals surface area contributed by atoms with Crippen LogP contribution in [-0.4, -0.2) is 59.8 Å². The molecule has 0 bridgehead atoms. The molecule has 1 aliphatic heterocycles. The third kappa shape index (κ3) is 1.83. The summed E-state index contributed by atoms with van der Waals surface area (Å²) >= 11 is 0. The van der Waals surface area contributed by atoms with Crippen LogP contribution in [0.4, 0.5) is 5.82 Å². The molecule has 0 amide bonds. The minimum absolute atomic E-state index is 0.0941. The number of aliphatic hydroxyl groups is 3. The van der Waals surface area contributed by atoms with Crippen molar-refractivity contribution in [2.75, 3.05) is 12.3 Å². The predicted octanol–water partition coefficient (Wildman–Crippen LogP) is -1.98. The van der Waals surface area contributed by atoms with Crippen LogP contribution in [0.25, 0.3) is 11.2 Å². The van der Waals surface area contributed by atoms with Crippen LogP contribution in [0.5, 0.6) is 0 Å². The summed E-state index contributed by atoms with van der Waals surface area (Å²) < 4.78 is 6.78. The molecule has 1 fully saturated rings. The molecule has 1 saturated heterocycles. The number of fused-ring (bicyclic) bond motifs is 1. The fourth-order valence-electron chi connectivity index (χ4n) is 2.09. The molecule has 0 radical (unpaired) electrons. The molecule has 3 rings (SSSR count). The van der Waals surface area contributed by atoms with Crippen molar-refractivity contribution in [2.24, 2.45) is 0 Å². The number of rotatable bonds is 1. The molecule has 0 aliphatic carbocycles. The fourth-order valence-corrected chi connectivity index (χ4v) is 2.09. The fraction of sp³-hybridized carbons (Fsp3) is 0.500. The summed E-state index contributed by atoms with van der Waals surface area (Å²) in [6.07, 6.45) is -1.93. The van der Waals surface area contributed by atoms with Crippen molar-refractivity contribution in [1.82, 2.24) is 19.5 Å². The molecule has 9 heteroatoms. The van der Waals surface area contributed by atoms with E-state index in [9.17, 15) is 15.3 Å². The monoisotopic (exact) mass is 267 g/mol. The molecule has 0 saturated carbocycles. The second-order valence-electron chi connectivity index (χ2n) is 4.36. The van der Waals surface area contributed by atoms with Crippen LogP contribution in [0.1, 0.15) is 6.23 Å². The van der Waals surface area contributed by atoms with Gasteiger partial charge >= 0.3 is 0 Å². The lowest BCUT2D eigenvalue weighted by Crippen LogP contribution is -2.50. The number of anilines is 1. The van der Waals surface area contributed by atoms with E-state index in [2.05, 4.69) is 15.0 Å². The van der Waals surface area contributed by atoms with Gasteiger partial charge in [-0.25, -0.2) is 15.0 Å². The molecule has 3 heterocycles. The summed E-state index contributed by atoms with van der Waals surface area (Å²) in [5.41, 5.74) is 6.44. The van der Waals surface area contributed by atoms with Gasteiger partial charge in [-0.2, -0.15) is 0 Å². The van der Waals surface area contributed by atoms with Crippen molar-refractivity contribution in [2.45, 2.75) is 24.5 Å². The zero-order valence-corrected chi connectivity index (χ0v) is 9.79. The van der Waals surface area contributed by atoms with Gasteiger partial charge in [0.1, 0.15) is 30.2 Å². The summed E-state index contributed by atoms with van der Waals surface area (Å²) in [5.74, 6) is 0.217. The molecule has 2 aromatic rings. The lowest BCUT2D eigenvalue weighted by Gasteiger charge is -2.35. The number of imidazole rings is 1. The Morgan fingerprint density at radius 1 is 1.21 bits per heavy atom. The second-order valence-corrected chi connectivity index (χ2v) is 4.36. The number of aliphatic hydroxyl groups excluding tert-OH is 3. The van der Waals surface area contributed by atoms with Crippen LogP contribution in [0.15, 0.2) is 12.7 Å². The van der Waals surface area contributed by atoms with Crippen LogP contribution in [0, 0.1) is 0 Å². The first-order chi connectivity index (χ1) is 9.09. The standard InChI is InChI=1S/C10H13N5O4/c11-8-5-9(13-2-12-8)15(3-14-5)10-7(18)6(17)4(16)1-19-10/h2-4,6-7,10,16-18H,1H2,(H2,11,12,13)/t4-,6+,7-,10-/m1/s1. The summed E-state index contributed by atoms with van der Waals surface area (Å²) in [6.45, 7) is -0.0941. The predicted molar refractivity (Wildman–Crippen MR) is 62.7 cm³/mol. The first-order valence-electron chi connectivity index (χ1n) is 5.68. The summed E-state index contributed by atoms with van der Waals surface area (Å²) in [7, 11) is 0. The minimum Gasteiger partial charge on any atom is -0.388 e. The number of ether oxygens (including phenoxy) is 1. The molecule has 1 aliphatic rings. The highest BCUT2D eigenvalue weighted by molar-refractivity contribution is 5.81. The van der Waals surface area contributed by atoms with E-state index in [0.717, 1.165) is 0 Å². The van der Waals surface area contributed by atoms with Gasteiger partial charge in [0.25, 0.3) is 0 Å². The quantitative estimate of drug-likeness (QED) is 0.466. The second kappa shape index (κ2) is 4.38. The van der Waals surface area contributed by atoms with Crippen LogP contribution in [0.3, 0.4) is 0 Å². The SMILES string of the molecule is Nc1ncnc2c1ncn2[C@@H]1OC[C@@H](O)[C@H](O)[C@H]1O. The molecule has 0 spiro atoms. The maximum absolute atomic E-state index is 9.95. The Morgan fingerprint density at radius 3 is 2.79 bits per heavy atom. The van der Waals surface area contributed by atoms with Crippen LogP contribution in [0.2, 0.25) is 0 Å². The van der Waals surface area contributed by atoms with E-state index in [1.807, 2.05) is 0 Å². The Hall–Kier alpha value is -1.81. The van der Waals surface area contributed by atoms with E-state index in [1.165, 1.54) is 17.2 Å². The topological polar surface area (TPSA) is 140 Å². The van der Waals surface area contributed by atoms with Gasteiger partial charge in [0.2, 0.25) is 0 Å². The van der Waals surface area contributed by atoms with E-state index in [1.54, 1.807) is 0 Å². The largest absolute Gasteiger partial charge is 0.388 e. The van der Waals surface area contributed by atoms with Crippen LogP contribution < -0.4 is 5.73 Å². The molecule has 4 atom stereocenters. The van der Waals surface area contributed by atoms with Crippen molar-refractivity contribution in [3.63, 3.8) is 0 Å². The van der Waals surface area contributed by atoms with Gasteiger partial charge < -0.3 is 25.8 Å². The zero-order chi connectivity index (χ0) is 13.6. The molecular weight excluding hydrogens is 254 g/mol. The van der Waals surface area contributed by atoms with Crippen LogP contribution >= 0.6 is 0 Å². The van der Waals surface area contributed by atoms with Crippen molar-refractivity contribution in [1.29, 1.82) is 0 Å². The maximum atomic E-state index is 9.95. The van der Waals surface area contributed by atoms with E-state index in [0.29, 0.717) is 11.2 Å². The average Bonchev–Trinajstić information content (AvgIpc) is 2.82. The Kier molecular flexibility index (Phi) is 2.82. The van der Waals surface area contributed by atoms with E-state index in [-0.39, 0.29) is 12.4 Å². The maximum Gasteiger partial charge on any atom is 0.167 e. The summed E-state index contributed by atoms with van der Waals surface area (Å²) in [4.78, 5) is 11.9. The minimum atomic E-state index is -1.30. The zero-order valence-electron chi connectivity index (χ0n) is 9.79. The van der Waals surface area contributed by atoms with Crippen molar-refractivity contribution < 1.29 is 20.1 Å². The lowest BCUT2D eigenvalue weighted by atomic mass is 10.0. The Bertz CT molecular complexity index is 603. The number of hydrogen-bond acceptors (Lipinski definition) is 8. The highest BCUT2D eigenvalue weighted by Crippen LogP contribution is 2.27. The van der Waals surface area contributed by atoms with Crippen molar-refractivity contribution >= 4 is 17.0 Å². The summed E-state index contributed by atoms with van der Waals surface area (Å²) in [5, 5.41) is 29.0. The number of nitrogens with zero attached hydrogens (tertiary/aromatic N) is 4. The molecule has 0 unspecified atom stereocenters. The first kappa shape index (κ1) is 12.2. The van der Waals surface area contributed by atoms with Gasteiger partial charge in [-0.1, -0.05) is 0 Å². The highest BCUT2D eigenvalue weighted by Gasteiger charge is 2.39. The van der Waals surface area contributed by atoms with E-state index in [4.69, 9.17) is 10.5 Å². The van der Waals surface area contributed by atoms with Crippen molar-refractivity contribution in [3.05, 3.63) is 12.7 Å². The Morgan fingerprint density at radius 2 is 2.00 bits per heavy atom. The van der Waals surface area contributed by atoms with Crippen LogP contribution in [-0.2, 0) is 4.74 Å². The van der Waals surface area contributed by atoms with E-state index >= 15 is 0 Å². The molecule has 5 N–H and O–H groups in total. The molecule has 0 aromatic carbocycles. The van der Waals surface area contributed by atoms with Gasteiger partial charge in [-0.15, -0.1) is 0 Å². The smallest absolute Gasteiger partial charge is 0.167 e. The molecular formula is C10H13N5O4. The van der Waals surface area contributed by atoms with E-state index < -0.39 is 24.5 Å². The highest BCUT2D eigenvalue weighted by atomic mass is 16.5. The molecule has 9 nitrogen and oxygen atoms in total. The molecule has 19 heavy (non-hydrogen) atoms. The Labute approximate surface area is 107 Å². The Balaban J connectivity index is 2.03. The first-order valence-corrected chi connectivity index (χ1v) is 5.68. The van der Waals surface area contributed by atoms with Gasteiger partial charge in [-0.05, 0) is 0 Å². The normalized spacial score (nSPS) is 31.7. The van der Waals surface area contributed by atoms with Gasteiger partial charge in [0, 0.05) is 0 Å². The van der Waals surface area contributed by atoms with Crippen molar-refractivity contribution in [3.8, 4) is 0 Å². The van der Waals surface area contributed by atoms with Gasteiger partial charge in [-0.3, -0.25) is 4.57 Å². The number of nitrogens with two attached hydrogens (primary N) is 1.